The van der Waals surface area contributed by atoms with Crippen molar-refractivity contribution in [1.82, 2.24) is 10.2 Å². The van der Waals surface area contributed by atoms with Crippen LogP contribution in [-0.2, 0) is 17.6 Å². The summed E-state index contributed by atoms with van der Waals surface area (Å²) in [6, 6.07) is 24.3. The Morgan fingerprint density at radius 1 is 0.933 bits per heavy atom. The number of aryl methyl sites for hydroxylation is 2. The number of carbonyl (C=O) groups excluding carboxylic acids is 1. The predicted molar refractivity (Wildman–Crippen MR) is 119 cm³/mol. The van der Waals surface area contributed by atoms with E-state index in [0.29, 0.717) is 12.8 Å². The summed E-state index contributed by atoms with van der Waals surface area (Å²) in [6.07, 6.45) is 3.63. The highest BCUT2D eigenvalue weighted by Crippen LogP contribution is 2.26. The molecular weight excluding hydrogens is 372 g/mol. The Kier molecular flexibility index (Phi) is 5.84. The van der Waals surface area contributed by atoms with Gasteiger partial charge in [-0.15, -0.1) is 0 Å². The Balaban J connectivity index is 1.60. The Bertz CT molecular complexity index is 1080. The van der Waals surface area contributed by atoms with E-state index in [1.165, 1.54) is 5.56 Å². The summed E-state index contributed by atoms with van der Waals surface area (Å²) in [5, 5.41) is 3.56. The molecule has 0 saturated heterocycles. The average Bonchev–Trinajstić information content (AvgIpc) is 3.20. The maximum atomic E-state index is 13.1. The molecule has 152 valence electrons. The van der Waals surface area contributed by atoms with Crippen LogP contribution in [0.4, 0.5) is 0 Å². The third-order valence-electron chi connectivity index (χ3n) is 5.30. The van der Waals surface area contributed by atoms with Crippen LogP contribution in [0.15, 0.2) is 94.8 Å². The highest BCUT2D eigenvalue weighted by molar-refractivity contribution is 5.83. The van der Waals surface area contributed by atoms with Gasteiger partial charge in [-0.2, -0.15) is 0 Å². The molecule has 0 spiro atoms. The van der Waals surface area contributed by atoms with Gasteiger partial charge < -0.3 is 9.73 Å². The van der Waals surface area contributed by atoms with E-state index in [4.69, 9.17) is 4.42 Å². The molecule has 1 amide bonds. The maximum absolute atomic E-state index is 13.1. The summed E-state index contributed by atoms with van der Waals surface area (Å²) >= 11 is 0. The fourth-order valence-electron chi connectivity index (χ4n) is 3.62. The van der Waals surface area contributed by atoms with E-state index in [9.17, 15) is 4.79 Å². The summed E-state index contributed by atoms with van der Waals surface area (Å²) in [5.74, 6) is 1.77. The molecule has 4 rings (SSSR count). The molecule has 1 N–H and O–H groups in total. The first-order valence-corrected chi connectivity index (χ1v) is 10.3. The van der Waals surface area contributed by atoms with E-state index in [2.05, 4.69) is 17.4 Å². The first-order chi connectivity index (χ1) is 14.6. The molecule has 2 heterocycles. The lowest BCUT2D eigenvalue weighted by molar-refractivity contribution is -0.127. The van der Waals surface area contributed by atoms with Crippen molar-refractivity contribution < 1.29 is 9.21 Å². The van der Waals surface area contributed by atoms with Crippen LogP contribution in [0.1, 0.15) is 36.0 Å². The summed E-state index contributed by atoms with van der Waals surface area (Å²) < 4.78 is 5.63. The molecular formula is C26H26N2O2. The van der Waals surface area contributed by atoms with Crippen LogP contribution in [0.2, 0.25) is 0 Å². The van der Waals surface area contributed by atoms with Crippen molar-refractivity contribution in [2.45, 2.75) is 33.1 Å². The molecule has 1 aromatic heterocycles. The van der Waals surface area contributed by atoms with Crippen LogP contribution in [0, 0.1) is 6.92 Å². The van der Waals surface area contributed by atoms with E-state index in [0.717, 1.165) is 40.6 Å². The second kappa shape index (κ2) is 8.87. The number of nitrogens with one attached hydrogen (secondary N) is 1. The van der Waals surface area contributed by atoms with Gasteiger partial charge in [-0.05, 0) is 37.1 Å². The predicted octanol–water partition coefficient (Wildman–Crippen LogP) is 5.43. The van der Waals surface area contributed by atoms with Gasteiger partial charge in [0, 0.05) is 36.9 Å². The van der Waals surface area contributed by atoms with E-state index in [-0.39, 0.29) is 5.91 Å². The number of amides is 1. The zero-order valence-electron chi connectivity index (χ0n) is 17.4. The molecule has 0 saturated carbocycles. The van der Waals surface area contributed by atoms with Crippen molar-refractivity contribution in [1.29, 1.82) is 0 Å². The van der Waals surface area contributed by atoms with E-state index in [1.54, 1.807) is 4.90 Å². The van der Waals surface area contributed by atoms with Gasteiger partial charge in [0.2, 0.25) is 5.91 Å². The number of nitrogens with zero attached hydrogens (tertiary/aromatic N) is 1. The largest absolute Gasteiger partial charge is 0.466 e. The maximum Gasteiger partial charge on any atom is 0.231 e. The Morgan fingerprint density at radius 2 is 1.63 bits per heavy atom. The lowest BCUT2D eigenvalue weighted by atomic mass is 10.0. The molecule has 0 bridgehead atoms. The van der Waals surface area contributed by atoms with Crippen molar-refractivity contribution >= 4 is 11.6 Å². The molecule has 0 aliphatic carbocycles. The van der Waals surface area contributed by atoms with Crippen LogP contribution in [-0.4, -0.2) is 10.8 Å². The van der Waals surface area contributed by atoms with Crippen LogP contribution in [0.5, 0.6) is 0 Å². The molecule has 2 aromatic carbocycles. The van der Waals surface area contributed by atoms with Gasteiger partial charge in [-0.1, -0.05) is 60.7 Å². The molecule has 3 aromatic rings. The Labute approximate surface area is 177 Å². The molecule has 0 radical (unpaired) electrons. The van der Waals surface area contributed by atoms with Gasteiger partial charge in [0.25, 0.3) is 0 Å². The summed E-state index contributed by atoms with van der Waals surface area (Å²) in [4.78, 5) is 14.9. The normalized spacial score (nSPS) is 13.8. The molecule has 0 fully saturated rings. The number of carbonyl (C=O) groups is 1. The number of allylic oxidation sites excluding steroid dienone is 2. The zero-order valence-corrected chi connectivity index (χ0v) is 17.4. The zero-order chi connectivity index (χ0) is 20.9. The first kappa shape index (κ1) is 19.8. The minimum absolute atomic E-state index is 0.0574. The van der Waals surface area contributed by atoms with Crippen molar-refractivity contribution in [3.8, 4) is 0 Å². The molecule has 1 aliphatic rings. The van der Waals surface area contributed by atoms with E-state index < -0.39 is 0 Å². The van der Waals surface area contributed by atoms with Gasteiger partial charge >= 0.3 is 0 Å². The fraction of sp³-hybridized carbons (Fsp3) is 0.192. The Hall–Kier alpha value is -3.53. The monoisotopic (exact) mass is 398 g/mol. The number of hydrogen-bond acceptors (Lipinski definition) is 3. The van der Waals surface area contributed by atoms with Crippen molar-refractivity contribution in [3.05, 3.63) is 113 Å². The number of benzene rings is 2. The number of furan rings is 1. The summed E-state index contributed by atoms with van der Waals surface area (Å²) in [7, 11) is 0. The lowest BCUT2D eigenvalue weighted by Gasteiger charge is -2.30. The van der Waals surface area contributed by atoms with Crippen molar-refractivity contribution in [3.63, 3.8) is 0 Å². The van der Waals surface area contributed by atoms with Crippen LogP contribution < -0.4 is 5.32 Å². The minimum atomic E-state index is 0.0574. The summed E-state index contributed by atoms with van der Waals surface area (Å²) in [6.45, 7) is 3.91. The molecule has 0 atom stereocenters. The van der Waals surface area contributed by atoms with Gasteiger partial charge in [-0.25, -0.2) is 0 Å². The van der Waals surface area contributed by atoms with Gasteiger partial charge in [0.1, 0.15) is 11.5 Å². The van der Waals surface area contributed by atoms with Gasteiger partial charge in [0.15, 0.2) is 0 Å². The van der Waals surface area contributed by atoms with E-state index >= 15 is 0 Å². The number of rotatable bonds is 6. The Morgan fingerprint density at radius 3 is 2.30 bits per heavy atom. The quantitative estimate of drug-likeness (QED) is 0.603. The van der Waals surface area contributed by atoms with Crippen LogP contribution in [0.25, 0.3) is 5.70 Å². The highest BCUT2D eigenvalue weighted by Gasteiger charge is 2.23. The fourth-order valence-corrected chi connectivity index (χ4v) is 3.62. The van der Waals surface area contributed by atoms with Crippen LogP contribution >= 0.6 is 0 Å². The smallest absolute Gasteiger partial charge is 0.231 e. The SMILES string of the molecule is CC1=C(Cc2ccccc2)NC(c2ccccc2)=CN1C(=O)CCc1ccc(C)o1. The first-order valence-electron chi connectivity index (χ1n) is 10.3. The molecule has 4 nitrogen and oxygen atoms in total. The van der Waals surface area contributed by atoms with Gasteiger partial charge in [-0.3, -0.25) is 9.69 Å². The molecule has 1 aliphatic heterocycles. The van der Waals surface area contributed by atoms with Crippen molar-refractivity contribution in [2.24, 2.45) is 0 Å². The lowest BCUT2D eigenvalue weighted by Crippen LogP contribution is -2.33. The van der Waals surface area contributed by atoms with Crippen LogP contribution in [0.3, 0.4) is 0 Å². The third kappa shape index (κ3) is 4.54. The van der Waals surface area contributed by atoms with Crippen molar-refractivity contribution in [2.75, 3.05) is 0 Å². The molecule has 0 unspecified atom stereocenters. The second-order valence-corrected chi connectivity index (χ2v) is 7.54. The third-order valence-corrected chi connectivity index (χ3v) is 5.30. The molecule has 30 heavy (non-hydrogen) atoms. The summed E-state index contributed by atoms with van der Waals surface area (Å²) in [5.41, 5.74) is 5.14. The minimum Gasteiger partial charge on any atom is -0.466 e. The molecule has 4 heteroatoms. The topological polar surface area (TPSA) is 45.5 Å². The highest BCUT2D eigenvalue weighted by atomic mass is 16.3. The average molecular weight is 399 g/mol. The standard InChI is InChI=1S/C26H26N2O2/c1-19-13-14-23(30-19)15-16-26(29)28-18-25(22-11-7-4-8-12-22)27-24(20(28)2)17-21-9-5-3-6-10-21/h3-14,18,27H,15-17H2,1-2H3. The number of hydrogen-bond donors (Lipinski definition) is 1. The van der Waals surface area contributed by atoms with E-state index in [1.807, 2.05) is 80.7 Å². The van der Waals surface area contributed by atoms with Gasteiger partial charge in [0.05, 0.1) is 5.70 Å². The second-order valence-electron chi connectivity index (χ2n) is 7.54.